The van der Waals surface area contributed by atoms with Gasteiger partial charge < -0.3 is 10.6 Å². The van der Waals surface area contributed by atoms with Crippen molar-refractivity contribution in [3.05, 3.63) is 48.3 Å². The number of aromatic nitrogens is 2. The fraction of sp³-hybridized carbons (Fsp3) is 0.333. The van der Waals surface area contributed by atoms with Crippen LogP contribution in [-0.4, -0.2) is 22.6 Å². The van der Waals surface area contributed by atoms with Crippen molar-refractivity contribution in [1.29, 1.82) is 0 Å². The molecule has 2 aromatic rings. The number of hydrogen-bond donors (Lipinski definition) is 2. The summed E-state index contributed by atoms with van der Waals surface area (Å²) in [6.07, 6.45) is 10.6. The molecule has 3 rings (SSSR count). The van der Waals surface area contributed by atoms with Gasteiger partial charge in [0, 0.05) is 23.7 Å². The first kappa shape index (κ1) is 14.6. The summed E-state index contributed by atoms with van der Waals surface area (Å²) in [7, 11) is 0. The third kappa shape index (κ3) is 3.45. The van der Waals surface area contributed by atoms with Crippen LogP contribution in [0.1, 0.15) is 26.7 Å². The quantitative estimate of drug-likeness (QED) is 0.870. The molecule has 0 aliphatic heterocycles. The molecule has 0 bridgehead atoms. The summed E-state index contributed by atoms with van der Waals surface area (Å²) < 4.78 is 0. The molecule has 0 spiro atoms. The molecular formula is C18H22N4. The molecule has 22 heavy (non-hydrogen) atoms. The van der Waals surface area contributed by atoms with E-state index in [1.165, 1.54) is 5.57 Å². The minimum absolute atomic E-state index is 0.348. The van der Waals surface area contributed by atoms with Crippen LogP contribution in [0.2, 0.25) is 0 Å². The van der Waals surface area contributed by atoms with Crippen LogP contribution in [0.3, 0.4) is 0 Å². The van der Waals surface area contributed by atoms with Gasteiger partial charge in [-0.15, -0.1) is 0 Å². The molecule has 0 radical (unpaired) electrons. The first-order chi connectivity index (χ1) is 10.7. The molecule has 4 heteroatoms. The zero-order valence-electron chi connectivity index (χ0n) is 13.1. The van der Waals surface area contributed by atoms with Crippen molar-refractivity contribution in [3.8, 4) is 0 Å². The highest BCUT2D eigenvalue weighted by Gasteiger charge is 2.06. The average Bonchev–Trinajstić information content (AvgIpc) is 2.53. The SMILES string of the molecule is CC(C)Nc1ncnc2cc(NCC3=CCCC=C3)ccc12. The van der Waals surface area contributed by atoms with E-state index in [9.17, 15) is 0 Å². The molecule has 0 fully saturated rings. The number of allylic oxidation sites excluding steroid dienone is 2. The molecule has 1 aromatic heterocycles. The Bertz CT molecular complexity index is 716. The Kier molecular flexibility index (Phi) is 4.37. The summed E-state index contributed by atoms with van der Waals surface area (Å²) in [6, 6.07) is 6.59. The summed E-state index contributed by atoms with van der Waals surface area (Å²) in [6.45, 7) is 5.06. The minimum atomic E-state index is 0.348. The monoisotopic (exact) mass is 294 g/mol. The number of fused-ring (bicyclic) bond motifs is 1. The Morgan fingerprint density at radius 3 is 2.86 bits per heavy atom. The van der Waals surface area contributed by atoms with Gasteiger partial charge in [0.1, 0.15) is 12.1 Å². The second-order valence-electron chi connectivity index (χ2n) is 5.87. The number of benzene rings is 1. The minimum Gasteiger partial charge on any atom is -0.381 e. The maximum absolute atomic E-state index is 4.38. The van der Waals surface area contributed by atoms with E-state index in [1.54, 1.807) is 6.33 Å². The first-order valence-electron chi connectivity index (χ1n) is 7.83. The van der Waals surface area contributed by atoms with Gasteiger partial charge in [0.15, 0.2) is 0 Å². The van der Waals surface area contributed by atoms with E-state index in [-0.39, 0.29) is 0 Å². The molecule has 1 aromatic carbocycles. The van der Waals surface area contributed by atoms with Gasteiger partial charge in [-0.25, -0.2) is 9.97 Å². The molecule has 0 amide bonds. The highest BCUT2D eigenvalue weighted by atomic mass is 15.0. The van der Waals surface area contributed by atoms with Crippen molar-refractivity contribution >= 4 is 22.4 Å². The van der Waals surface area contributed by atoms with Gasteiger partial charge in [-0.2, -0.15) is 0 Å². The Labute approximate surface area is 131 Å². The fourth-order valence-corrected chi connectivity index (χ4v) is 2.56. The fourth-order valence-electron chi connectivity index (χ4n) is 2.56. The van der Waals surface area contributed by atoms with Crippen LogP contribution in [0.5, 0.6) is 0 Å². The van der Waals surface area contributed by atoms with Gasteiger partial charge in [-0.05, 0) is 50.5 Å². The lowest BCUT2D eigenvalue weighted by Gasteiger charge is -2.13. The molecule has 1 heterocycles. The number of hydrogen-bond acceptors (Lipinski definition) is 4. The molecular weight excluding hydrogens is 272 g/mol. The predicted molar refractivity (Wildman–Crippen MR) is 93.2 cm³/mol. The van der Waals surface area contributed by atoms with Crippen LogP contribution < -0.4 is 10.6 Å². The van der Waals surface area contributed by atoms with Gasteiger partial charge in [-0.3, -0.25) is 0 Å². The van der Waals surface area contributed by atoms with E-state index in [1.807, 2.05) is 0 Å². The summed E-state index contributed by atoms with van der Waals surface area (Å²) in [5, 5.41) is 7.88. The summed E-state index contributed by atoms with van der Waals surface area (Å²) in [5.41, 5.74) is 3.38. The third-order valence-corrected chi connectivity index (χ3v) is 3.63. The summed E-state index contributed by atoms with van der Waals surface area (Å²) in [5.74, 6) is 0.893. The van der Waals surface area contributed by atoms with Gasteiger partial charge in [0.2, 0.25) is 0 Å². The van der Waals surface area contributed by atoms with Crippen LogP contribution in [-0.2, 0) is 0 Å². The second kappa shape index (κ2) is 6.60. The van der Waals surface area contributed by atoms with Crippen molar-refractivity contribution in [2.45, 2.75) is 32.7 Å². The average molecular weight is 294 g/mol. The molecule has 114 valence electrons. The van der Waals surface area contributed by atoms with Crippen molar-refractivity contribution in [2.75, 3.05) is 17.2 Å². The summed E-state index contributed by atoms with van der Waals surface area (Å²) in [4.78, 5) is 8.72. The van der Waals surface area contributed by atoms with E-state index < -0.39 is 0 Å². The van der Waals surface area contributed by atoms with Crippen LogP contribution in [0, 0.1) is 0 Å². The van der Waals surface area contributed by atoms with Gasteiger partial charge in [-0.1, -0.05) is 18.2 Å². The van der Waals surface area contributed by atoms with Gasteiger partial charge >= 0.3 is 0 Å². The maximum Gasteiger partial charge on any atom is 0.137 e. The molecule has 0 saturated carbocycles. The Hall–Kier alpha value is -2.36. The Morgan fingerprint density at radius 1 is 1.18 bits per heavy atom. The first-order valence-corrected chi connectivity index (χ1v) is 7.83. The molecule has 1 aliphatic rings. The third-order valence-electron chi connectivity index (χ3n) is 3.63. The van der Waals surface area contributed by atoms with E-state index in [0.29, 0.717) is 6.04 Å². The van der Waals surface area contributed by atoms with Crippen LogP contribution in [0.25, 0.3) is 10.9 Å². The van der Waals surface area contributed by atoms with Crippen molar-refractivity contribution in [1.82, 2.24) is 9.97 Å². The highest BCUT2D eigenvalue weighted by Crippen LogP contribution is 2.23. The van der Waals surface area contributed by atoms with Gasteiger partial charge in [0.25, 0.3) is 0 Å². The molecule has 1 aliphatic carbocycles. The van der Waals surface area contributed by atoms with Crippen molar-refractivity contribution in [3.63, 3.8) is 0 Å². The lowest BCUT2D eigenvalue weighted by atomic mass is 10.1. The molecule has 0 atom stereocenters. The van der Waals surface area contributed by atoms with Gasteiger partial charge in [0.05, 0.1) is 5.52 Å². The Morgan fingerprint density at radius 2 is 2.09 bits per heavy atom. The second-order valence-corrected chi connectivity index (χ2v) is 5.87. The van der Waals surface area contributed by atoms with Crippen molar-refractivity contribution < 1.29 is 0 Å². The number of nitrogens with zero attached hydrogens (tertiary/aromatic N) is 2. The number of rotatable bonds is 5. The predicted octanol–water partition coefficient (Wildman–Crippen LogP) is 4.14. The topological polar surface area (TPSA) is 49.8 Å². The molecule has 2 N–H and O–H groups in total. The number of anilines is 2. The van der Waals surface area contributed by atoms with Crippen LogP contribution in [0.4, 0.5) is 11.5 Å². The Balaban J connectivity index is 1.78. The van der Waals surface area contributed by atoms with E-state index in [0.717, 1.165) is 41.8 Å². The van der Waals surface area contributed by atoms with E-state index in [2.05, 4.69) is 70.9 Å². The van der Waals surface area contributed by atoms with E-state index >= 15 is 0 Å². The smallest absolute Gasteiger partial charge is 0.137 e. The lowest BCUT2D eigenvalue weighted by Crippen LogP contribution is -2.11. The highest BCUT2D eigenvalue weighted by molar-refractivity contribution is 5.91. The zero-order valence-corrected chi connectivity index (χ0v) is 13.1. The summed E-state index contributed by atoms with van der Waals surface area (Å²) >= 11 is 0. The molecule has 4 nitrogen and oxygen atoms in total. The zero-order chi connectivity index (χ0) is 15.4. The normalized spacial score (nSPS) is 14.2. The standard InChI is InChI=1S/C18H22N4/c1-13(2)22-18-16-9-8-15(10-17(16)20-12-21-18)19-11-14-6-4-3-5-7-14/h4,6-10,12-13,19H,3,5,11H2,1-2H3,(H,20,21,22). The lowest BCUT2D eigenvalue weighted by molar-refractivity contribution is 0.890. The maximum atomic E-state index is 4.38. The molecule has 0 saturated heterocycles. The number of nitrogens with one attached hydrogen (secondary N) is 2. The van der Waals surface area contributed by atoms with E-state index in [4.69, 9.17) is 0 Å². The van der Waals surface area contributed by atoms with Crippen molar-refractivity contribution in [2.24, 2.45) is 0 Å². The largest absolute Gasteiger partial charge is 0.381 e. The van der Waals surface area contributed by atoms with Crippen LogP contribution in [0.15, 0.2) is 48.3 Å². The van der Waals surface area contributed by atoms with Crippen LogP contribution >= 0.6 is 0 Å². The molecule has 0 unspecified atom stereocenters.